The molecule has 0 aliphatic heterocycles. The summed E-state index contributed by atoms with van der Waals surface area (Å²) in [4.78, 5) is 24.6. The lowest BCUT2D eigenvalue weighted by Gasteiger charge is -2.23. The van der Waals surface area contributed by atoms with Gasteiger partial charge in [-0.3, -0.25) is 14.5 Å². The van der Waals surface area contributed by atoms with E-state index in [1.807, 2.05) is 12.1 Å². The molecule has 116 valence electrons. The molecule has 1 aromatic carbocycles. The number of aliphatic carboxylic acids is 1. The van der Waals surface area contributed by atoms with E-state index in [0.717, 1.165) is 13.4 Å². The summed E-state index contributed by atoms with van der Waals surface area (Å²) in [5.74, 6) is -1.21. The minimum atomic E-state index is -0.932. The molecule has 1 unspecified atom stereocenters. The van der Waals surface area contributed by atoms with Crippen LogP contribution in [0.3, 0.4) is 0 Å². The normalized spacial score (nSPS) is 12.3. The molecule has 1 rings (SSSR count). The predicted octanol–water partition coefficient (Wildman–Crippen LogP) is 3.71. The Labute approximate surface area is 148 Å². The highest BCUT2D eigenvalue weighted by molar-refractivity contribution is 9.11. The molecule has 0 saturated heterocycles. The first kappa shape index (κ1) is 18.6. The number of benzene rings is 1. The lowest BCUT2D eigenvalue weighted by atomic mass is 10.2. The average Bonchev–Trinajstić information content (AvgIpc) is 2.33. The largest absolute Gasteiger partial charge is 0.480 e. The maximum Gasteiger partial charge on any atom is 0.320 e. The number of rotatable bonds is 6. The van der Waals surface area contributed by atoms with E-state index in [1.165, 1.54) is 4.90 Å². The highest BCUT2D eigenvalue weighted by Crippen LogP contribution is 2.34. The van der Waals surface area contributed by atoms with E-state index in [0.29, 0.717) is 12.1 Å². The van der Waals surface area contributed by atoms with Gasteiger partial charge in [0.05, 0.1) is 12.2 Å². The molecule has 0 radical (unpaired) electrons. The Hall–Kier alpha value is -0.440. The number of hydrogen-bond donors (Lipinski definition) is 2. The molecule has 0 bridgehead atoms. The highest BCUT2D eigenvalue weighted by atomic mass is 79.9. The Bertz CT molecular complexity index is 528. The van der Waals surface area contributed by atoms with Crippen LogP contribution in [0.1, 0.15) is 13.3 Å². The summed E-state index contributed by atoms with van der Waals surface area (Å²) in [6.07, 6.45) is 0.435. The summed E-state index contributed by atoms with van der Waals surface area (Å²) in [7, 11) is 1.62. The Balaban J connectivity index is 2.77. The second-order valence-electron chi connectivity index (χ2n) is 4.47. The Morgan fingerprint density at radius 1 is 1.29 bits per heavy atom. The first-order valence-electron chi connectivity index (χ1n) is 6.13. The van der Waals surface area contributed by atoms with E-state index in [1.54, 1.807) is 14.0 Å². The summed E-state index contributed by atoms with van der Waals surface area (Å²) in [6.45, 7) is 1.77. The van der Waals surface area contributed by atoms with E-state index in [2.05, 4.69) is 53.1 Å². The molecule has 0 heterocycles. The molecule has 1 amide bonds. The molecule has 0 aliphatic carbocycles. The Morgan fingerprint density at radius 3 is 2.24 bits per heavy atom. The van der Waals surface area contributed by atoms with Crippen molar-refractivity contribution < 1.29 is 14.7 Å². The van der Waals surface area contributed by atoms with Gasteiger partial charge in [0, 0.05) is 13.4 Å². The van der Waals surface area contributed by atoms with Crippen LogP contribution in [0.5, 0.6) is 0 Å². The van der Waals surface area contributed by atoms with Gasteiger partial charge in [-0.15, -0.1) is 0 Å². The van der Waals surface area contributed by atoms with Gasteiger partial charge in [0.25, 0.3) is 0 Å². The van der Waals surface area contributed by atoms with Crippen molar-refractivity contribution >= 4 is 65.4 Å². The van der Waals surface area contributed by atoms with E-state index >= 15 is 0 Å². The third-order valence-electron chi connectivity index (χ3n) is 2.87. The van der Waals surface area contributed by atoms with Crippen molar-refractivity contribution in [2.45, 2.75) is 19.4 Å². The number of halogens is 3. The molecule has 0 aliphatic rings. The fourth-order valence-electron chi connectivity index (χ4n) is 1.85. The number of nitrogens with zero attached hydrogens (tertiary/aromatic N) is 1. The van der Waals surface area contributed by atoms with Crippen molar-refractivity contribution in [2.75, 3.05) is 18.9 Å². The number of nitrogens with one attached hydrogen (secondary N) is 1. The molecule has 1 aromatic rings. The van der Waals surface area contributed by atoms with Crippen molar-refractivity contribution in [3.8, 4) is 0 Å². The molecule has 0 fully saturated rings. The standard InChI is InChI=1S/C13H15Br3N2O3/c1-3-10(13(20)21)18(2)6-11(19)17-12-8(15)4-7(14)5-9(12)16/h4-5,10H,3,6H2,1-2H3,(H,17,19)(H,20,21). The second-order valence-corrected chi connectivity index (χ2v) is 7.09. The number of carbonyl (C=O) groups excluding carboxylic acids is 1. The van der Waals surface area contributed by atoms with E-state index in [9.17, 15) is 9.59 Å². The van der Waals surface area contributed by atoms with Crippen molar-refractivity contribution in [2.24, 2.45) is 0 Å². The van der Waals surface area contributed by atoms with E-state index < -0.39 is 12.0 Å². The summed E-state index contributed by atoms with van der Waals surface area (Å²) >= 11 is 10.1. The number of anilines is 1. The molecule has 2 N–H and O–H groups in total. The first-order valence-corrected chi connectivity index (χ1v) is 8.51. The van der Waals surface area contributed by atoms with Crippen LogP contribution < -0.4 is 5.32 Å². The molecule has 0 saturated carbocycles. The summed E-state index contributed by atoms with van der Waals surface area (Å²) < 4.78 is 2.32. The van der Waals surface area contributed by atoms with Crippen LogP contribution in [0.15, 0.2) is 25.6 Å². The minimum absolute atomic E-state index is 0.000247. The van der Waals surface area contributed by atoms with E-state index in [-0.39, 0.29) is 12.5 Å². The molecular formula is C13H15Br3N2O3. The second kappa shape index (κ2) is 8.26. The molecule has 1 atom stereocenters. The maximum absolute atomic E-state index is 12.1. The van der Waals surface area contributed by atoms with Gasteiger partial charge < -0.3 is 10.4 Å². The van der Waals surface area contributed by atoms with Gasteiger partial charge in [-0.05, 0) is 57.5 Å². The van der Waals surface area contributed by atoms with Crippen LogP contribution in [-0.2, 0) is 9.59 Å². The van der Waals surface area contributed by atoms with Gasteiger partial charge in [-0.1, -0.05) is 22.9 Å². The minimum Gasteiger partial charge on any atom is -0.480 e. The average molecular weight is 487 g/mol. The van der Waals surface area contributed by atoms with Gasteiger partial charge >= 0.3 is 5.97 Å². The number of carboxylic acid groups (broad SMARTS) is 1. The Kier molecular flexibility index (Phi) is 7.32. The van der Waals surface area contributed by atoms with Gasteiger partial charge in [-0.2, -0.15) is 0 Å². The van der Waals surface area contributed by atoms with Gasteiger partial charge in [0.15, 0.2) is 0 Å². The predicted molar refractivity (Wildman–Crippen MR) is 92.5 cm³/mol. The Morgan fingerprint density at radius 2 is 1.81 bits per heavy atom. The fourth-order valence-corrected chi connectivity index (χ4v) is 4.31. The maximum atomic E-state index is 12.1. The zero-order valence-electron chi connectivity index (χ0n) is 11.5. The third kappa shape index (κ3) is 5.36. The first-order chi connectivity index (χ1) is 9.76. The molecule has 21 heavy (non-hydrogen) atoms. The summed E-state index contributed by atoms with van der Waals surface area (Å²) in [5.41, 5.74) is 0.611. The van der Waals surface area contributed by atoms with Crippen molar-refractivity contribution in [3.05, 3.63) is 25.6 Å². The molecule has 0 aromatic heterocycles. The molecule has 5 nitrogen and oxygen atoms in total. The smallest absolute Gasteiger partial charge is 0.320 e. The molecular weight excluding hydrogens is 472 g/mol. The quantitative estimate of drug-likeness (QED) is 0.643. The van der Waals surface area contributed by atoms with Gasteiger partial charge in [0.2, 0.25) is 5.91 Å². The third-order valence-corrected chi connectivity index (χ3v) is 4.58. The van der Waals surface area contributed by atoms with Crippen LogP contribution in [0.2, 0.25) is 0 Å². The van der Waals surface area contributed by atoms with Crippen molar-refractivity contribution in [3.63, 3.8) is 0 Å². The SMILES string of the molecule is CCC(C(=O)O)N(C)CC(=O)Nc1c(Br)cc(Br)cc1Br. The van der Waals surface area contributed by atoms with Crippen LogP contribution >= 0.6 is 47.8 Å². The topological polar surface area (TPSA) is 69.6 Å². The zero-order valence-corrected chi connectivity index (χ0v) is 16.2. The molecule has 0 spiro atoms. The van der Waals surface area contributed by atoms with Crippen molar-refractivity contribution in [1.82, 2.24) is 4.90 Å². The highest BCUT2D eigenvalue weighted by Gasteiger charge is 2.22. The van der Waals surface area contributed by atoms with Crippen LogP contribution in [0.25, 0.3) is 0 Å². The van der Waals surface area contributed by atoms with Crippen molar-refractivity contribution in [1.29, 1.82) is 0 Å². The number of hydrogen-bond acceptors (Lipinski definition) is 3. The monoisotopic (exact) mass is 484 g/mol. The lowest BCUT2D eigenvalue weighted by molar-refractivity contribution is -0.143. The fraction of sp³-hybridized carbons (Fsp3) is 0.385. The lowest BCUT2D eigenvalue weighted by Crippen LogP contribution is -2.42. The summed E-state index contributed by atoms with van der Waals surface area (Å²) in [6, 6.07) is 2.96. The summed E-state index contributed by atoms with van der Waals surface area (Å²) in [5, 5.41) is 11.8. The number of carboxylic acids is 1. The van der Waals surface area contributed by atoms with Crippen LogP contribution in [-0.4, -0.2) is 41.5 Å². The van der Waals surface area contributed by atoms with E-state index in [4.69, 9.17) is 5.11 Å². The van der Waals surface area contributed by atoms with Gasteiger partial charge in [0.1, 0.15) is 6.04 Å². The van der Waals surface area contributed by atoms with Crippen LogP contribution in [0.4, 0.5) is 5.69 Å². The number of likely N-dealkylation sites (N-methyl/N-ethyl adjacent to an activating group) is 1. The number of carbonyl (C=O) groups is 2. The molecule has 8 heteroatoms. The van der Waals surface area contributed by atoms with Gasteiger partial charge in [-0.25, -0.2) is 0 Å². The number of amides is 1. The van der Waals surface area contributed by atoms with Crippen LogP contribution in [0, 0.1) is 0 Å². The zero-order chi connectivity index (χ0) is 16.2.